The van der Waals surface area contributed by atoms with E-state index in [0.29, 0.717) is 38.2 Å². The molecule has 0 unspecified atom stereocenters. The van der Waals surface area contributed by atoms with Gasteiger partial charge in [0.1, 0.15) is 11.9 Å². The fourth-order valence-corrected chi connectivity index (χ4v) is 5.23. The van der Waals surface area contributed by atoms with Gasteiger partial charge >= 0.3 is 5.97 Å². The van der Waals surface area contributed by atoms with Gasteiger partial charge in [-0.3, -0.25) is 19.7 Å². The molecule has 1 aliphatic rings. The third kappa shape index (κ3) is 5.99. The van der Waals surface area contributed by atoms with Crippen molar-refractivity contribution in [3.63, 3.8) is 0 Å². The molecule has 5 N–H and O–H groups in total. The smallest absolute Gasteiger partial charge is 0.317 e. The molecule has 0 radical (unpaired) electrons. The van der Waals surface area contributed by atoms with Crippen LogP contribution in [0.3, 0.4) is 0 Å². The van der Waals surface area contributed by atoms with Gasteiger partial charge in [-0.25, -0.2) is 4.98 Å². The van der Waals surface area contributed by atoms with Crippen molar-refractivity contribution in [2.45, 2.75) is 37.9 Å². The van der Waals surface area contributed by atoms with Crippen molar-refractivity contribution in [2.24, 2.45) is 0 Å². The van der Waals surface area contributed by atoms with E-state index >= 15 is 0 Å². The highest BCUT2D eigenvalue weighted by Gasteiger charge is 2.37. The molecular formula is C30H31N5O4. The molecule has 9 heteroatoms. The van der Waals surface area contributed by atoms with Crippen LogP contribution in [0.15, 0.2) is 72.9 Å². The summed E-state index contributed by atoms with van der Waals surface area (Å²) in [5.74, 6) is -1.08. The molecule has 2 heterocycles. The molecule has 0 bridgehead atoms. The predicted octanol–water partition coefficient (Wildman–Crippen LogP) is 2.86. The zero-order valence-electron chi connectivity index (χ0n) is 21.5. The minimum Gasteiger partial charge on any atom is -0.480 e. The fraction of sp³-hybridized carbons (Fsp3) is 0.267. The maximum absolute atomic E-state index is 13.7. The number of aromatic nitrogens is 1. The Morgan fingerprint density at radius 2 is 1.77 bits per heavy atom. The molecule has 39 heavy (non-hydrogen) atoms. The average molecular weight is 526 g/mol. The molecule has 9 nitrogen and oxygen atoms in total. The van der Waals surface area contributed by atoms with Gasteiger partial charge in [-0.1, -0.05) is 54.6 Å². The van der Waals surface area contributed by atoms with E-state index in [1.807, 2.05) is 66.7 Å². The van der Waals surface area contributed by atoms with Crippen molar-refractivity contribution in [3.05, 3.63) is 84.1 Å². The number of likely N-dealkylation sites (tertiary alicyclic amines) is 1. The minimum absolute atomic E-state index is 0.224. The second-order valence-electron chi connectivity index (χ2n) is 9.87. The number of amides is 2. The summed E-state index contributed by atoms with van der Waals surface area (Å²) in [4.78, 5) is 43.9. The number of rotatable bonds is 9. The summed E-state index contributed by atoms with van der Waals surface area (Å²) >= 11 is 0. The molecule has 0 spiro atoms. The first kappa shape index (κ1) is 26.1. The van der Waals surface area contributed by atoms with Gasteiger partial charge in [0.2, 0.25) is 11.8 Å². The SMILES string of the molecule is Nc1nccc2cc(CNC(=O)[C@@H]3CCCN3C(=O)[C@@H](Cc3ccc4ccccc4c3)NCC(=O)O)ccc12. The van der Waals surface area contributed by atoms with Crippen LogP contribution in [0, 0.1) is 0 Å². The van der Waals surface area contributed by atoms with E-state index in [0.717, 1.165) is 32.7 Å². The molecule has 2 atom stereocenters. The monoisotopic (exact) mass is 525 g/mol. The average Bonchev–Trinajstić information content (AvgIpc) is 3.44. The van der Waals surface area contributed by atoms with Gasteiger partial charge in [0.15, 0.2) is 0 Å². The second kappa shape index (κ2) is 11.5. The Bertz CT molecular complexity index is 1540. The summed E-state index contributed by atoms with van der Waals surface area (Å²) in [6.45, 7) is 0.409. The Hall–Kier alpha value is -4.50. The molecule has 1 aromatic heterocycles. The van der Waals surface area contributed by atoms with Gasteiger partial charge in [0.05, 0.1) is 12.6 Å². The number of carbonyl (C=O) groups excluding carboxylic acids is 2. The van der Waals surface area contributed by atoms with Crippen LogP contribution in [-0.4, -0.2) is 57.9 Å². The maximum atomic E-state index is 13.7. The number of carbonyl (C=O) groups is 3. The zero-order chi connectivity index (χ0) is 27.4. The quantitative estimate of drug-likeness (QED) is 0.264. The normalized spacial score (nSPS) is 15.9. The Labute approximate surface area is 226 Å². The predicted molar refractivity (Wildman–Crippen MR) is 150 cm³/mol. The van der Waals surface area contributed by atoms with Gasteiger partial charge in [-0.15, -0.1) is 0 Å². The first-order valence-corrected chi connectivity index (χ1v) is 13.0. The minimum atomic E-state index is -1.05. The van der Waals surface area contributed by atoms with E-state index in [2.05, 4.69) is 15.6 Å². The lowest BCUT2D eigenvalue weighted by molar-refractivity contribution is -0.141. The number of hydrogen-bond donors (Lipinski definition) is 4. The van der Waals surface area contributed by atoms with Crippen molar-refractivity contribution < 1.29 is 19.5 Å². The van der Waals surface area contributed by atoms with Crippen LogP contribution >= 0.6 is 0 Å². The van der Waals surface area contributed by atoms with Gasteiger partial charge in [0, 0.05) is 24.7 Å². The van der Waals surface area contributed by atoms with E-state index in [9.17, 15) is 19.5 Å². The molecule has 3 aromatic carbocycles. The number of nitrogens with one attached hydrogen (secondary N) is 2. The maximum Gasteiger partial charge on any atom is 0.317 e. The molecule has 4 aromatic rings. The standard InChI is InChI=1S/C30H31N5O4/c31-28-24-10-8-20(15-23(24)11-12-32-28)17-34-29(38)26-6-3-13-35(26)30(39)25(33-18-27(36)37)16-19-7-9-21-4-1-2-5-22(21)14-19/h1-2,4-5,7-12,14-15,25-26,33H,3,6,13,16-18H2,(H2,31,32)(H,34,38)(H,36,37)/t25-,26+/m1/s1. The number of nitrogens with zero attached hydrogens (tertiary/aromatic N) is 2. The lowest BCUT2D eigenvalue weighted by Gasteiger charge is -2.29. The fourth-order valence-electron chi connectivity index (χ4n) is 5.23. The van der Waals surface area contributed by atoms with Gasteiger partial charge < -0.3 is 21.1 Å². The van der Waals surface area contributed by atoms with Crippen molar-refractivity contribution in [1.82, 2.24) is 20.5 Å². The molecule has 2 amide bonds. The molecule has 1 saturated heterocycles. The number of nitrogens with two attached hydrogens (primary N) is 1. The molecule has 5 rings (SSSR count). The first-order valence-electron chi connectivity index (χ1n) is 13.0. The largest absolute Gasteiger partial charge is 0.480 e. The number of benzene rings is 3. The number of carboxylic acid groups (broad SMARTS) is 1. The van der Waals surface area contributed by atoms with E-state index in [-0.39, 0.29) is 18.4 Å². The summed E-state index contributed by atoms with van der Waals surface area (Å²) in [6.07, 6.45) is 3.22. The van der Waals surface area contributed by atoms with Crippen molar-refractivity contribution in [3.8, 4) is 0 Å². The third-order valence-electron chi connectivity index (χ3n) is 7.22. The summed E-state index contributed by atoms with van der Waals surface area (Å²) in [5.41, 5.74) is 7.76. The molecule has 1 aliphatic heterocycles. The summed E-state index contributed by atoms with van der Waals surface area (Å²) in [5, 5.41) is 19.0. The Balaban J connectivity index is 1.28. The van der Waals surface area contributed by atoms with Crippen molar-refractivity contribution >= 4 is 45.1 Å². The lowest BCUT2D eigenvalue weighted by atomic mass is 10.0. The molecule has 1 fully saturated rings. The summed E-state index contributed by atoms with van der Waals surface area (Å²) in [6, 6.07) is 20.1. The van der Waals surface area contributed by atoms with Crippen LogP contribution < -0.4 is 16.4 Å². The topological polar surface area (TPSA) is 138 Å². The number of carboxylic acids is 1. The van der Waals surface area contributed by atoms with E-state index in [1.165, 1.54) is 0 Å². The molecule has 0 aliphatic carbocycles. The number of hydrogen-bond acceptors (Lipinski definition) is 6. The van der Waals surface area contributed by atoms with Crippen LogP contribution in [0.4, 0.5) is 5.82 Å². The Morgan fingerprint density at radius 3 is 2.59 bits per heavy atom. The third-order valence-corrected chi connectivity index (χ3v) is 7.22. The highest BCUT2D eigenvalue weighted by Crippen LogP contribution is 2.23. The van der Waals surface area contributed by atoms with Gasteiger partial charge in [0.25, 0.3) is 0 Å². The Kier molecular flexibility index (Phi) is 7.69. The van der Waals surface area contributed by atoms with Crippen LogP contribution in [0.5, 0.6) is 0 Å². The van der Waals surface area contributed by atoms with Crippen molar-refractivity contribution in [1.29, 1.82) is 0 Å². The second-order valence-corrected chi connectivity index (χ2v) is 9.87. The summed E-state index contributed by atoms with van der Waals surface area (Å²) < 4.78 is 0. The van der Waals surface area contributed by atoms with Crippen LogP contribution in [0.25, 0.3) is 21.5 Å². The summed E-state index contributed by atoms with van der Waals surface area (Å²) in [7, 11) is 0. The number of aliphatic carboxylic acids is 1. The van der Waals surface area contributed by atoms with Crippen LogP contribution in [0.2, 0.25) is 0 Å². The first-order chi connectivity index (χ1) is 18.9. The van der Waals surface area contributed by atoms with E-state index < -0.39 is 18.1 Å². The van der Waals surface area contributed by atoms with E-state index in [1.54, 1.807) is 11.1 Å². The van der Waals surface area contributed by atoms with Crippen LogP contribution in [-0.2, 0) is 27.3 Å². The molecular weight excluding hydrogens is 494 g/mol. The van der Waals surface area contributed by atoms with Crippen molar-refractivity contribution in [2.75, 3.05) is 18.8 Å². The highest BCUT2D eigenvalue weighted by atomic mass is 16.4. The van der Waals surface area contributed by atoms with Crippen LogP contribution in [0.1, 0.15) is 24.0 Å². The number of pyridine rings is 1. The molecule has 0 saturated carbocycles. The number of fused-ring (bicyclic) bond motifs is 2. The lowest BCUT2D eigenvalue weighted by Crippen LogP contribution is -2.53. The Morgan fingerprint density at radius 1 is 1.00 bits per heavy atom. The molecule has 200 valence electrons. The van der Waals surface area contributed by atoms with E-state index in [4.69, 9.17) is 5.73 Å². The number of nitrogen functional groups attached to an aromatic ring is 1. The van der Waals surface area contributed by atoms with Gasteiger partial charge in [-0.2, -0.15) is 0 Å². The number of anilines is 1. The highest BCUT2D eigenvalue weighted by molar-refractivity contribution is 5.92. The van der Waals surface area contributed by atoms with Gasteiger partial charge in [-0.05, 0) is 58.7 Å². The zero-order valence-corrected chi connectivity index (χ0v) is 21.5.